The molecular formula is C14H12ClF2N3O. The van der Waals surface area contributed by atoms with Gasteiger partial charge in [0.2, 0.25) is 0 Å². The zero-order valence-electron chi connectivity index (χ0n) is 11.1. The molecule has 0 unspecified atom stereocenters. The average Bonchev–Trinajstić information content (AvgIpc) is 2.45. The lowest BCUT2D eigenvalue weighted by Gasteiger charge is -2.09. The highest BCUT2D eigenvalue weighted by atomic mass is 35.5. The monoisotopic (exact) mass is 311 g/mol. The maximum atomic E-state index is 13.5. The predicted octanol–water partition coefficient (Wildman–Crippen LogP) is 3.70. The maximum absolute atomic E-state index is 13.5. The number of carbonyl (C=O) groups is 1. The quantitative estimate of drug-likeness (QED) is 0.905. The van der Waals surface area contributed by atoms with E-state index in [4.69, 9.17) is 11.6 Å². The molecule has 0 saturated heterocycles. The highest BCUT2D eigenvalue weighted by Crippen LogP contribution is 2.22. The number of anilines is 2. The predicted molar refractivity (Wildman–Crippen MR) is 77.7 cm³/mol. The van der Waals surface area contributed by atoms with E-state index < -0.39 is 23.2 Å². The van der Waals surface area contributed by atoms with Crippen LogP contribution in [0.15, 0.2) is 30.5 Å². The normalized spacial score (nSPS) is 10.3. The van der Waals surface area contributed by atoms with Crippen LogP contribution in [0.4, 0.5) is 20.3 Å². The van der Waals surface area contributed by atoms with Crippen molar-refractivity contribution in [1.82, 2.24) is 4.98 Å². The van der Waals surface area contributed by atoms with E-state index >= 15 is 0 Å². The molecule has 2 rings (SSSR count). The number of carbonyl (C=O) groups excluding carboxylic acids is 1. The van der Waals surface area contributed by atoms with E-state index in [0.717, 1.165) is 12.1 Å². The molecule has 0 saturated carbocycles. The van der Waals surface area contributed by atoms with Gasteiger partial charge >= 0.3 is 0 Å². The Morgan fingerprint density at radius 3 is 2.57 bits per heavy atom. The van der Waals surface area contributed by atoms with E-state index in [9.17, 15) is 13.6 Å². The summed E-state index contributed by atoms with van der Waals surface area (Å²) in [5.74, 6) is -1.97. The molecule has 2 N–H and O–H groups in total. The van der Waals surface area contributed by atoms with Crippen LogP contribution in [0.3, 0.4) is 0 Å². The third-order valence-electron chi connectivity index (χ3n) is 2.65. The van der Waals surface area contributed by atoms with Gasteiger partial charge in [-0.05, 0) is 25.1 Å². The van der Waals surface area contributed by atoms with Crippen LogP contribution >= 0.6 is 11.6 Å². The first kappa shape index (κ1) is 15.2. The van der Waals surface area contributed by atoms with Crippen LogP contribution in [0, 0.1) is 11.6 Å². The minimum atomic E-state index is -0.855. The van der Waals surface area contributed by atoms with Gasteiger partial charge in [0.25, 0.3) is 5.91 Å². The summed E-state index contributed by atoms with van der Waals surface area (Å²) in [5.41, 5.74) is -0.404. The Labute approximate surface area is 125 Å². The molecule has 1 aromatic carbocycles. The molecule has 0 aliphatic carbocycles. The first-order valence-electron chi connectivity index (χ1n) is 6.17. The van der Waals surface area contributed by atoms with E-state index in [0.29, 0.717) is 12.4 Å². The summed E-state index contributed by atoms with van der Waals surface area (Å²) in [4.78, 5) is 16.0. The van der Waals surface area contributed by atoms with Crippen LogP contribution in [0.25, 0.3) is 0 Å². The lowest BCUT2D eigenvalue weighted by molar-refractivity contribution is 0.102. The van der Waals surface area contributed by atoms with Crippen molar-refractivity contribution in [3.8, 4) is 0 Å². The lowest BCUT2D eigenvalue weighted by atomic mass is 10.2. The standard InChI is InChI=1S/C14H12ClF2N3O/c1-2-18-13-9(15)6-8(7-19-13)14(21)20-12-10(16)4-3-5-11(12)17/h3-7H,2H2,1H3,(H,18,19)(H,20,21). The molecule has 110 valence electrons. The van der Waals surface area contributed by atoms with Gasteiger partial charge in [-0.25, -0.2) is 13.8 Å². The number of halogens is 3. The van der Waals surface area contributed by atoms with E-state index in [-0.39, 0.29) is 10.6 Å². The summed E-state index contributed by atoms with van der Waals surface area (Å²) in [6.45, 7) is 2.50. The van der Waals surface area contributed by atoms with Crippen molar-refractivity contribution in [2.24, 2.45) is 0 Å². The first-order valence-corrected chi connectivity index (χ1v) is 6.55. The first-order chi connectivity index (χ1) is 10.0. The van der Waals surface area contributed by atoms with Crippen LogP contribution in [-0.2, 0) is 0 Å². The Morgan fingerprint density at radius 2 is 2.00 bits per heavy atom. The minimum absolute atomic E-state index is 0.101. The number of para-hydroxylation sites is 1. The number of nitrogens with zero attached hydrogens (tertiary/aromatic N) is 1. The maximum Gasteiger partial charge on any atom is 0.257 e. The van der Waals surface area contributed by atoms with Gasteiger partial charge in [-0.1, -0.05) is 17.7 Å². The van der Waals surface area contributed by atoms with Gasteiger partial charge in [-0.2, -0.15) is 0 Å². The van der Waals surface area contributed by atoms with Crippen molar-refractivity contribution in [3.63, 3.8) is 0 Å². The number of benzene rings is 1. The lowest BCUT2D eigenvalue weighted by Crippen LogP contribution is -2.15. The summed E-state index contributed by atoms with van der Waals surface area (Å²) >= 11 is 5.96. The van der Waals surface area contributed by atoms with Gasteiger partial charge in [-0.3, -0.25) is 4.79 Å². The number of amides is 1. The van der Waals surface area contributed by atoms with Gasteiger partial charge in [0.05, 0.1) is 10.6 Å². The van der Waals surface area contributed by atoms with Gasteiger partial charge in [-0.15, -0.1) is 0 Å². The Morgan fingerprint density at radius 1 is 1.33 bits per heavy atom. The highest BCUT2D eigenvalue weighted by molar-refractivity contribution is 6.33. The molecule has 1 amide bonds. The molecule has 7 heteroatoms. The van der Waals surface area contributed by atoms with Gasteiger partial charge in [0.15, 0.2) is 0 Å². The summed E-state index contributed by atoms with van der Waals surface area (Å²) in [7, 11) is 0. The molecule has 0 radical (unpaired) electrons. The summed E-state index contributed by atoms with van der Waals surface area (Å²) in [6, 6.07) is 4.70. The zero-order chi connectivity index (χ0) is 15.4. The molecule has 0 aliphatic heterocycles. The van der Waals surface area contributed by atoms with Crippen LogP contribution in [0.1, 0.15) is 17.3 Å². The number of rotatable bonds is 4. The van der Waals surface area contributed by atoms with Crippen molar-refractivity contribution < 1.29 is 13.6 Å². The van der Waals surface area contributed by atoms with Crippen molar-refractivity contribution >= 4 is 29.0 Å². The number of hydrogen-bond donors (Lipinski definition) is 2. The average molecular weight is 312 g/mol. The number of hydrogen-bond acceptors (Lipinski definition) is 3. The number of aromatic nitrogens is 1. The molecule has 0 bridgehead atoms. The number of pyridine rings is 1. The van der Waals surface area contributed by atoms with Crippen LogP contribution in [-0.4, -0.2) is 17.4 Å². The summed E-state index contributed by atoms with van der Waals surface area (Å²) in [5, 5.41) is 5.33. The summed E-state index contributed by atoms with van der Waals surface area (Å²) < 4.78 is 26.9. The highest BCUT2D eigenvalue weighted by Gasteiger charge is 2.15. The van der Waals surface area contributed by atoms with E-state index in [1.807, 2.05) is 6.92 Å². The van der Waals surface area contributed by atoms with Gasteiger partial charge in [0, 0.05) is 12.7 Å². The molecule has 21 heavy (non-hydrogen) atoms. The second-order valence-electron chi connectivity index (χ2n) is 4.14. The number of nitrogens with one attached hydrogen (secondary N) is 2. The smallest absolute Gasteiger partial charge is 0.257 e. The Bertz CT molecular complexity index is 659. The Hall–Kier alpha value is -2.21. The van der Waals surface area contributed by atoms with E-state index in [1.54, 1.807) is 0 Å². The zero-order valence-corrected chi connectivity index (χ0v) is 11.8. The SMILES string of the molecule is CCNc1ncc(C(=O)Nc2c(F)cccc2F)cc1Cl. The van der Waals surface area contributed by atoms with Crippen molar-refractivity contribution in [2.45, 2.75) is 6.92 Å². The molecule has 2 aromatic rings. The fraction of sp³-hybridized carbons (Fsp3) is 0.143. The van der Waals surface area contributed by atoms with Crippen LogP contribution < -0.4 is 10.6 Å². The summed E-state index contributed by atoms with van der Waals surface area (Å²) in [6.07, 6.45) is 1.28. The molecule has 0 fully saturated rings. The van der Waals surface area contributed by atoms with Gasteiger partial charge in [0.1, 0.15) is 23.1 Å². The van der Waals surface area contributed by atoms with Crippen molar-refractivity contribution in [3.05, 3.63) is 52.7 Å². The molecular weight excluding hydrogens is 300 g/mol. The Kier molecular flexibility index (Phi) is 4.70. The third kappa shape index (κ3) is 3.46. The topological polar surface area (TPSA) is 54.0 Å². The Balaban J connectivity index is 2.23. The second-order valence-corrected chi connectivity index (χ2v) is 4.54. The molecule has 0 aliphatic rings. The van der Waals surface area contributed by atoms with Crippen molar-refractivity contribution in [2.75, 3.05) is 17.2 Å². The van der Waals surface area contributed by atoms with Crippen LogP contribution in [0.2, 0.25) is 5.02 Å². The molecule has 0 spiro atoms. The largest absolute Gasteiger partial charge is 0.369 e. The molecule has 1 aromatic heterocycles. The minimum Gasteiger partial charge on any atom is -0.369 e. The van der Waals surface area contributed by atoms with E-state index in [2.05, 4.69) is 15.6 Å². The van der Waals surface area contributed by atoms with Crippen molar-refractivity contribution in [1.29, 1.82) is 0 Å². The van der Waals surface area contributed by atoms with E-state index in [1.165, 1.54) is 18.3 Å². The van der Waals surface area contributed by atoms with Crippen LogP contribution in [0.5, 0.6) is 0 Å². The molecule has 4 nitrogen and oxygen atoms in total. The van der Waals surface area contributed by atoms with Gasteiger partial charge < -0.3 is 10.6 Å². The third-order valence-corrected chi connectivity index (χ3v) is 2.94. The fourth-order valence-electron chi connectivity index (χ4n) is 1.66. The molecule has 1 heterocycles. The molecule has 0 atom stereocenters. The second kappa shape index (κ2) is 6.49. The fourth-order valence-corrected chi connectivity index (χ4v) is 1.90.